The van der Waals surface area contributed by atoms with Gasteiger partial charge >= 0.3 is 6.03 Å². The molecule has 2 N–H and O–H groups in total. The summed E-state index contributed by atoms with van der Waals surface area (Å²) >= 11 is 0. The van der Waals surface area contributed by atoms with Gasteiger partial charge in [-0.3, -0.25) is 15.0 Å². The molecule has 1 aromatic carbocycles. The molecule has 0 saturated carbocycles. The van der Waals surface area contributed by atoms with Gasteiger partial charge in [-0.1, -0.05) is 18.2 Å². The number of benzene rings is 1. The molecular weight excluding hydrogens is 334 g/mol. The Hall–Kier alpha value is -1.96. The fraction of sp³-hybridized carbons (Fsp3) is 0.579. The highest BCUT2D eigenvalue weighted by atomic mass is 16.5. The first-order valence-corrected chi connectivity index (χ1v) is 9.30. The summed E-state index contributed by atoms with van der Waals surface area (Å²) in [6.07, 6.45) is 4.45. The fourth-order valence-electron chi connectivity index (χ4n) is 3.41. The van der Waals surface area contributed by atoms with E-state index in [0.29, 0.717) is 18.8 Å². The number of rotatable bonds is 7. The predicted molar refractivity (Wildman–Crippen MR) is 98.0 cm³/mol. The molecule has 142 valence electrons. The monoisotopic (exact) mass is 361 g/mol. The maximum atomic E-state index is 12.3. The van der Waals surface area contributed by atoms with Gasteiger partial charge in [-0.25, -0.2) is 4.79 Å². The van der Waals surface area contributed by atoms with Crippen LogP contribution in [0.1, 0.15) is 25.7 Å². The Bertz CT molecular complexity index is 566. The Morgan fingerprint density at radius 1 is 1.00 bits per heavy atom. The van der Waals surface area contributed by atoms with Crippen molar-refractivity contribution in [3.8, 4) is 0 Å². The van der Waals surface area contributed by atoms with E-state index in [4.69, 9.17) is 9.47 Å². The van der Waals surface area contributed by atoms with Crippen LogP contribution in [0.3, 0.4) is 0 Å². The zero-order valence-corrected chi connectivity index (χ0v) is 15.0. The summed E-state index contributed by atoms with van der Waals surface area (Å²) in [6, 6.07) is 8.53. The summed E-state index contributed by atoms with van der Waals surface area (Å²) < 4.78 is 11.4. The van der Waals surface area contributed by atoms with E-state index < -0.39 is 6.03 Å². The topological polar surface area (TPSA) is 79.9 Å². The van der Waals surface area contributed by atoms with Gasteiger partial charge in [0.1, 0.15) is 0 Å². The van der Waals surface area contributed by atoms with Crippen molar-refractivity contribution in [2.24, 2.45) is 0 Å². The molecule has 2 aliphatic rings. The molecule has 0 radical (unpaired) electrons. The summed E-state index contributed by atoms with van der Waals surface area (Å²) in [4.78, 5) is 26.3. The third-order valence-corrected chi connectivity index (χ3v) is 4.62. The molecule has 3 amide bonds. The lowest BCUT2D eigenvalue weighted by molar-refractivity contribution is -0.121. The third-order valence-electron chi connectivity index (χ3n) is 4.62. The van der Waals surface area contributed by atoms with Gasteiger partial charge in [0.2, 0.25) is 5.91 Å². The number of urea groups is 1. The molecule has 0 aliphatic carbocycles. The molecule has 2 saturated heterocycles. The number of nitrogens with zero attached hydrogens (tertiary/aromatic N) is 1. The molecule has 2 aliphatic heterocycles. The second-order valence-corrected chi connectivity index (χ2v) is 6.83. The van der Waals surface area contributed by atoms with Gasteiger partial charge in [0.25, 0.3) is 0 Å². The van der Waals surface area contributed by atoms with E-state index in [2.05, 4.69) is 10.6 Å². The molecule has 2 fully saturated rings. The quantitative estimate of drug-likeness (QED) is 0.776. The van der Waals surface area contributed by atoms with Crippen molar-refractivity contribution in [1.82, 2.24) is 10.2 Å². The minimum atomic E-state index is -0.518. The van der Waals surface area contributed by atoms with E-state index in [1.165, 1.54) is 0 Å². The molecule has 26 heavy (non-hydrogen) atoms. The lowest BCUT2D eigenvalue weighted by atomic mass is 10.2. The SMILES string of the molecule is O=C(CN(C[C@H]1CCCO1)C[C@H]1CCCO1)NC(=O)Nc1ccccc1. The van der Waals surface area contributed by atoms with Crippen LogP contribution in [0.15, 0.2) is 30.3 Å². The van der Waals surface area contributed by atoms with Crippen LogP contribution < -0.4 is 10.6 Å². The van der Waals surface area contributed by atoms with Crippen molar-refractivity contribution in [2.45, 2.75) is 37.9 Å². The normalized spacial score (nSPS) is 22.5. The number of nitrogens with one attached hydrogen (secondary N) is 2. The van der Waals surface area contributed by atoms with Gasteiger partial charge in [-0.05, 0) is 37.8 Å². The molecule has 7 heteroatoms. The highest BCUT2D eigenvalue weighted by molar-refractivity contribution is 6.01. The number of anilines is 1. The highest BCUT2D eigenvalue weighted by Gasteiger charge is 2.25. The number of amides is 3. The van der Waals surface area contributed by atoms with Crippen molar-refractivity contribution in [2.75, 3.05) is 38.2 Å². The van der Waals surface area contributed by atoms with Crippen LogP contribution >= 0.6 is 0 Å². The van der Waals surface area contributed by atoms with Crippen LogP contribution in [-0.2, 0) is 14.3 Å². The number of hydrogen-bond acceptors (Lipinski definition) is 5. The molecule has 2 heterocycles. The number of carbonyl (C=O) groups excluding carboxylic acids is 2. The van der Waals surface area contributed by atoms with Crippen molar-refractivity contribution >= 4 is 17.6 Å². The van der Waals surface area contributed by atoms with Crippen LogP contribution in [0.5, 0.6) is 0 Å². The van der Waals surface area contributed by atoms with Gasteiger partial charge in [-0.15, -0.1) is 0 Å². The molecule has 1 aromatic rings. The molecule has 0 spiro atoms. The largest absolute Gasteiger partial charge is 0.377 e. The molecule has 0 aromatic heterocycles. The smallest absolute Gasteiger partial charge is 0.325 e. The van der Waals surface area contributed by atoms with E-state index in [1.54, 1.807) is 12.1 Å². The lowest BCUT2D eigenvalue weighted by Gasteiger charge is -2.26. The maximum absolute atomic E-state index is 12.3. The molecule has 2 atom stereocenters. The molecule has 7 nitrogen and oxygen atoms in total. The van der Waals surface area contributed by atoms with Gasteiger partial charge in [-0.2, -0.15) is 0 Å². The first-order valence-electron chi connectivity index (χ1n) is 9.30. The molecule has 0 bridgehead atoms. The van der Waals surface area contributed by atoms with Gasteiger partial charge in [0.05, 0.1) is 18.8 Å². The Labute approximate surface area is 154 Å². The highest BCUT2D eigenvalue weighted by Crippen LogP contribution is 2.17. The van der Waals surface area contributed by atoms with Gasteiger partial charge < -0.3 is 14.8 Å². The van der Waals surface area contributed by atoms with Crippen LogP contribution in [-0.4, -0.2) is 61.9 Å². The minimum absolute atomic E-state index is 0.155. The van der Waals surface area contributed by atoms with Crippen LogP contribution in [0.4, 0.5) is 10.5 Å². The third kappa shape index (κ3) is 6.09. The van der Waals surface area contributed by atoms with Crippen molar-refractivity contribution in [3.63, 3.8) is 0 Å². The average Bonchev–Trinajstić information content (AvgIpc) is 3.29. The van der Waals surface area contributed by atoms with Crippen molar-refractivity contribution in [1.29, 1.82) is 0 Å². The second kappa shape index (κ2) is 9.66. The summed E-state index contributed by atoms with van der Waals surface area (Å²) in [7, 11) is 0. The summed E-state index contributed by atoms with van der Waals surface area (Å²) in [5, 5.41) is 5.05. The van der Waals surface area contributed by atoms with E-state index in [9.17, 15) is 9.59 Å². The molecule has 3 rings (SSSR count). The maximum Gasteiger partial charge on any atom is 0.325 e. The Morgan fingerprint density at radius 3 is 2.15 bits per heavy atom. The molecule has 0 unspecified atom stereocenters. The predicted octanol–water partition coefficient (Wildman–Crippen LogP) is 1.99. The fourth-order valence-corrected chi connectivity index (χ4v) is 3.41. The number of imide groups is 1. The standard InChI is InChI=1S/C19H27N3O4/c23-18(21-19(24)20-15-6-2-1-3-7-15)14-22(12-16-8-4-10-25-16)13-17-9-5-11-26-17/h1-3,6-7,16-17H,4-5,8-14H2,(H2,20,21,23,24)/t16-,17-/m1/s1. The summed E-state index contributed by atoms with van der Waals surface area (Å²) in [5.41, 5.74) is 0.647. The zero-order valence-electron chi connectivity index (χ0n) is 15.0. The summed E-state index contributed by atoms with van der Waals surface area (Å²) in [6.45, 7) is 3.09. The van der Waals surface area contributed by atoms with E-state index >= 15 is 0 Å². The van der Waals surface area contributed by atoms with Crippen LogP contribution in [0.2, 0.25) is 0 Å². The minimum Gasteiger partial charge on any atom is -0.377 e. The Morgan fingerprint density at radius 2 is 1.62 bits per heavy atom. The average molecular weight is 361 g/mol. The Kier molecular flexibility index (Phi) is 6.99. The van der Waals surface area contributed by atoms with Crippen molar-refractivity contribution in [3.05, 3.63) is 30.3 Å². The van der Waals surface area contributed by atoms with Gasteiger partial charge in [0, 0.05) is 32.0 Å². The summed E-state index contributed by atoms with van der Waals surface area (Å²) in [5.74, 6) is -0.325. The first kappa shape index (κ1) is 18.8. The van der Waals surface area contributed by atoms with E-state index in [-0.39, 0.29) is 24.7 Å². The first-order chi connectivity index (χ1) is 12.7. The van der Waals surface area contributed by atoms with Gasteiger partial charge in [0.15, 0.2) is 0 Å². The number of carbonyl (C=O) groups is 2. The number of ether oxygens (including phenoxy) is 2. The van der Waals surface area contributed by atoms with E-state index in [1.807, 2.05) is 23.1 Å². The van der Waals surface area contributed by atoms with Crippen LogP contribution in [0, 0.1) is 0 Å². The number of para-hydroxylation sites is 1. The van der Waals surface area contributed by atoms with E-state index in [0.717, 1.165) is 38.9 Å². The number of hydrogen-bond donors (Lipinski definition) is 2. The van der Waals surface area contributed by atoms with Crippen molar-refractivity contribution < 1.29 is 19.1 Å². The van der Waals surface area contributed by atoms with Crippen LogP contribution in [0.25, 0.3) is 0 Å². The lowest BCUT2D eigenvalue weighted by Crippen LogP contribution is -2.46. The second-order valence-electron chi connectivity index (χ2n) is 6.83. The molecular formula is C19H27N3O4. The zero-order chi connectivity index (χ0) is 18.2. The Balaban J connectivity index is 1.49.